The maximum absolute atomic E-state index is 7.58. The van der Waals surface area contributed by atoms with Crippen molar-refractivity contribution in [2.45, 2.75) is 0 Å². The van der Waals surface area contributed by atoms with Gasteiger partial charge in [0.05, 0.1) is 12.8 Å². The number of hydroxylamine groups is 1. The Morgan fingerprint density at radius 1 is 1.33 bits per heavy atom. The highest BCUT2D eigenvalue weighted by molar-refractivity contribution is 6.02. The fraction of sp³-hybridized carbons (Fsp3) is 0.111. The van der Waals surface area contributed by atoms with Crippen LogP contribution in [0, 0.1) is 10.8 Å². The van der Waals surface area contributed by atoms with E-state index in [1.165, 1.54) is 12.2 Å². The highest BCUT2D eigenvalue weighted by Gasteiger charge is 2.11. The molecule has 0 unspecified atom stereocenters. The Balaban J connectivity index is 2.80. The standard InChI is InChI=1S/C9H13N5O/c1-15-14(9(12)13-8(10)11)7-5-3-2-4-6-7/h2-6H,1H3,(H5,10,11,12,13). The molecule has 0 bridgehead atoms. The minimum absolute atomic E-state index is 0.115. The first-order valence-corrected chi connectivity index (χ1v) is 4.24. The fourth-order valence-corrected chi connectivity index (χ4v) is 1.07. The van der Waals surface area contributed by atoms with Crippen LogP contribution in [-0.2, 0) is 4.84 Å². The number of anilines is 1. The predicted octanol–water partition coefficient (Wildman–Crippen LogP) is 0.472. The molecule has 0 aliphatic rings. The van der Waals surface area contributed by atoms with Gasteiger partial charge in [-0.2, -0.15) is 5.06 Å². The molecule has 0 aliphatic heterocycles. The van der Waals surface area contributed by atoms with E-state index in [1.807, 2.05) is 18.2 Å². The number of nitrogens with one attached hydrogen (secondary N) is 3. The molecule has 0 saturated heterocycles. The average Bonchev–Trinajstić information content (AvgIpc) is 2.19. The lowest BCUT2D eigenvalue weighted by molar-refractivity contribution is 0.208. The van der Waals surface area contributed by atoms with Crippen LogP contribution in [0.3, 0.4) is 0 Å². The SMILES string of the molecule is CON(C(=N)NC(=N)N)c1ccccc1. The molecule has 5 N–H and O–H groups in total. The Morgan fingerprint density at radius 2 is 1.93 bits per heavy atom. The third kappa shape index (κ3) is 2.96. The topological polar surface area (TPSA) is 98.2 Å². The third-order valence-corrected chi connectivity index (χ3v) is 1.63. The molecule has 0 spiro atoms. The molecule has 0 atom stereocenters. The molecule has 0 aromatic heterocycles. The van der Waals surface area contributed by atoms with Crippen molar-refractivity contribution in [1.82, 2.24) is 5.32 Å². The van der Waals surface area contributed by atoms with Crippen LogP contribution in [0.5, 0.6) is 0 Å². The summed E-state index contributed by atoms with van der Waals surface area (Å²) in [7, 11) is 1.43. The second-order valence-corrected chi connectivity index (χ2v) is 2.70. The molecule has 0 amide bonds. The van der Waals surface area contributed by atoms with Crippen molar-refractivity contribution in [3.05, 3.63) is 30.3 Å². The summed E-state index contributed by atoms with van der Waals surface area (Å²) in [6.07, 6.45) is 0. The van der Waals surface area contributed by atoms with Crippen LogP contribution in [0.1, 0.15) is 0 Å². The molecule has 1 rings (SSSR count). The molecule has 0 radical (unpaired) electrons. The first-order valence-electron chi connectivity index (χ1n) is 4.24. The molecule has 6 heteroatoms. The van der Waals surface area contributed by atoms with Crippen molar-refractivity contribution < 1.29 is 4.84 Å². The van der Waals surface area contributed by atoms with Crippen LogP contribution in [0.2, 0.25) is 0 Å². The fourth-order valence-electron chi connectivity index (χ4n) is 1.07. The van der Waals surface area contributed by atoms with E-state index in [1.54, 1.807) is 12.1 Å². The summed E-state index contributed by atoms with van der Waals surface area (Å²) in [4.78, 5) is 4.99. The Morgan fingerprint density at radius 3 is 2.40 bits per heavy atom. The van der Waals surface area contributed by atoms with Gasteiger partial charge in [-0.15, -0.1) is 0 Å². The van der Waals surface area contributed by atoms with Crippen molar-refractivity contribution in [3.8, 4) is 0 Å². The van der Waals surface area contributed by atoms with E-state index in [-0.39, 0.29) is 11.9 Å². The second kappa shape index (κ2) is 4.97. The van der Waals surface area contributed by atoms with E-state index in [0.29, 0.717) is 5.69 Å². The smallest absolute Gasteiger partial charge is 0.227 e. The summed E-state index contributed by atoms with van der Waals surface area (Å²) in [6.45, 7) is 0. The summed E-state index contributed by atoms with van der Waals surface area (Å²) in [5.74, 6) is -0.422. The van der Waals surface area contributed by atoms with Crippen molar-refractivity contribution >= 4 is 17.6 Å². The maximum atomic E-state index is 7.58. The number of rotatable bonds is 2. The van der Waals surface area contributed by atoms with Gasteiger partial charge in [-0.05, 0) is 12.1 Å². The molecular weight excluding hydrogens is 194 g/mol. The Kier molecular flexibility index (Phi) is 3.64. The van der Waals surface area contributed by atoms with Gasteiger partial charge in [0.1, 0.15) is 0 Å². The van der Waals surface area contributed by atoms with E-state index in [9.17, 15) is 0 Å². The van der Waals surface area contributed by atoms with Gasteiger partial charge in [0.25, 0.3) is 0 Å². The van der Waals surface area contributed by atoms with Crippen molar-refractivity contribution in [2.24, 2.45) is 5.73 Å². The van der Waals surface area contributed by atoms with Crippen LogP contribution >= 0.6 is 0 Å². The molecule has 0 heterocycles. The van der Waals surface area contributed by atoms with Gasteiger partial charge in [0, 0.05) is 0 Å². The van der Waals surface area contributed by atoms with Crippen molar-refractivity contribution in [3.63, 3.8) is 0 Å². The number of benzene rings is 1. The molecule has 0 fully saturated rings. The normalized spacial score (nSPS) is 9.40. The third-order valence-electron chi connectivity index (χ3n) is 1.63. The van der Waals surface area contributed by atoms with E-state index in [0.717, 1.165) is 0 Å². The van der Waals surface area contributed by atoms with Crippen LogP contribution in [0.15, 0.2) is 30.3 Å². The van der Waals surface area contributed by atoms with Gasteiger partial charge in [-0.1, -0.05) is 18.2 Å². The summed E-state index contributed by atoms with van der Waals surface area (Å²) in [5, 5.41) is 18.1. The Labute approximate surface area is 87.6 Å². The van der Waals surface area contributed by atoms with Gasteiger partial charge < -0.3 is 5.73 Å². The molecular formula is C9H13N5O. The highest BCUT2D eigenvalue weighted by atomic mass is 16.7. The van der Waals surface area contributed by atoms with Gasteiger partial charge in [0.2, 0.25) is 5.96 Å². The number of para-hydroxylation sites is 1. The molecule has 0 aliphatic carbocycles. The number of nitrogens with two attached hydrogens (primary N) is 1. The average molecular weight is 207 g/mol. The molecule has 0 saturated carbocycles. The van der Waals surface area contributed by atoms with Crippen LogP contribution < -0.4 is 16.1 Å². The lowest BCUT2D eigenvalue weighted by Gasteiger charge is -2.21. The van der Waals surface area contributed by atoms with E-state index >= 15 is 0 Å². The van der Waals surface area contributed by atoms with E-state index in [4.69, 9.17) is 21.4 Å². The van der Waals surface area contributed by atoms with Crippen LogP contribution in [0.25, 0.3) is 0 Å². The second-order valence-electron chi connectivity index (χ2n) is 2.70. The number of hydrogen-bond acceptors (Lipinski definition) is 3. The summed E-state index contributed by atoms with van der Waals surface area (Å²) < 4.78 is 0. The minimum Gasteiger partial charge on any atom is -0.370 e. The quantitative estimate of drug-likeness (QED) is 0.322. The van der Waals surface area contributed by atoms with Gasteiger partial charge in [-0.3, -0.25) is 21.0 Å². The van der Waals surface area contributed by atoms with Gasteiger partial charge >= 0.3 is 0 Å². The number of nitrogens with zero attached hydrogens (tertiary/aromatic N) is 1. The minimum atomic E-state index is -0.307. The summed E-state index contributed by atoms with van der Waals surface area (Å²) in [5.41, 5.74) is 5.79. The molecule has 1 aromatic carbocycles. The number of guanidine groups is 2. The van der Waals surface area contributed by atoms with Gasteiger partial charge in [-0.25, -0.2) is 0 Å². The Bertz CT molecular complexity index is 351. The van der Waals surface area contributed by atoms with E-state index < -0.39 is 0 Å². The van der Waals surface area contributed by atoms with Crippen LogP contribution in [0.4, 0.5) is 5.69 Å². The zero-order chi connectivity index (χ0) is 11.3. The van der Waals surface area contributed by atoms with Crippen LogP contribution in [-0.4, -0.2) is 19.0 Å². The van der Waals surface area contributed by atoms with E-state index in [2.05, 4.69) is 5.32 Å². The first kappa shape index (κ1) is 11.0. The summed E-state index contributed by atoms with van der Waals surface area (Å²) >= 11 is 0. The summed E-state index contributed by atoms with van der Waals surface area (Å²) in [6, 6.07) is 9.06. The largest absolute Gasteiger partial charge is 0.370 e. The molecule has 15 heavy (non-hydrogen) atoms. The first-order chi connectivity index (χ1) is 7.15. The monoisotopic (exact) mass is 207 g/mol. The highest BCUT2D eigenvalue weighted by Crippen LogP contribution is 2.12. The number of hydrogen-bond donors (Lipinski definition) is 4. The zero-order valence-corrected chi connectivity index (χ0v) is 8.32. The maximum Gasteiger partial charge on any atom is 0.227 e. The lowest BCUT2D eigenvalue weighted by Crippen LogP contribution is -2.45. The molecule has 1 aromatic rings. The van der Waals surface area contributed by atoms with Crippen molar-refractivity contribution in [2.75, 3.05) is 12.2 Å². The molecule has 80 valence electrons. The predicted molar refractivity (Wildman–Crippen MR) is 58.7 cm³/mol. The van der Waals surface area contributed by atoms with Crippen molar-refractivity contribution in [1.29, 1.82) is 10.8 Å². The lowest BCUT2D eigenvalue weighted by atomic mass is 10.3. The molecule has 6 nitrogen and oxygen atoms in total. The van der Waals surface area contributed by atoms with Gasteiger partial charge in [0.15, 0.2) is 5.96 Å². The Hall–Kier alpha value is -2.08. The zero-order valence-electron chi connectivity index (χ0n) is 8.32.